The van der Waals surface area contributed by atoms with Crippen LogP contribution in [0.3, 0.4) is 0 Å². The van der Waals surface area contributed by atoms with Gasteiger partial charge in [0.1, 0.15) is 17.1 Å². The molecule has 2 aromatic carbocycles. The predicted molar refractivity (Wildman–Crippen MR) is 148 cm³/mol. The van der Waals surface area contributed by atoms with Gasteiger partial charge < -0.3 is 19.9 Å². The highest BCUT2D eigenvalue weighted by Gasteiger charge is 2.22. The van der Waals surface area contributed by atoms with Gasteiger partial charge in [-0.2, -0.15) is 5.10 Å². The molecule has 0 radical (unpaired) electrons. The van der Waals surface area contributed by atoms with Crippen molar-refractivity contribution in [1.82, 2.24) is 30.0 Å². The van der Waals surface area contributed by atoms with Gasteiger partial charge in [0.25, 0.3) is 11.5 Å². The molecule has 0 saturated carbocycles. The van der Waals surface area contributed by atoms with E-state index in [1.807, 2.05) is 37.3 Å². The van der Waals surface area contributed by atoms with E-state index in [9.17, 15) is 14.4 Å². The number of nitrogens with one attached hydrogen (secondary N) is 2. The molecule has 1 fully saturated rings. The smallest absolute Gasteiger partial charge is 0.277 e. The van der Waals surface area contributed by atoms with Crippen LogP contribution in [0, 0.1) is 0 Å². The Kier molecular flexibility index (Phi) is 7.44. The number of hydrogen-bond acceptors (Lipinski definition) is 6. The van der Waals surface area contributed by atoms with Crippen molar-refractivity contribution in [3.63, 3.8) is 0 Å². The number of aromatic amines is 1. The highest BCUT2D eigenvalue weighted by Crippen LogP contribution is 2.30. The molecule has 1 saturated heterocycles. The summed E-state index contributed by atoms with van der Waals surface area (Å²) >= 11 is 0. The third-order valence-electron chi connectivity index (χ3n) is 6.78. The molecule has 0 bridgehead atoms. The zero-order chi connectivity index (χ0) is 27.5. The summed E-state index contributed by atoms with van der Waals surface area (Å²) in [6.07, 6.45) is 2.24. The maximum Gasteiger partial charge on any atom is 0.277 e. The summed E-state index contributed by atoms with van der Waals surface area (Å²) in [5, 5.41) is 7.25. The molecule has 0 spiro atoms. The third kappa shape index (κ3) is 5.41. The summed E-state index contributed by atoms with van der Waals surface area (Å²) in [5.74, 6) is 0.784. The van der Waals surface area contributed by atoms with Crippen molar-refractivity contribution in [2.75, 3.05) is 26.2 Å². The van der Waals surface area contributed by atoms with Crippen molar-refractivity contribution >= 4 is 22.8 Å². The summed E-state index contributed by atoms with van der Waals surface area (Å²) < 4.78 is 7.47. The number of carbonyl (C=O) groups is 2. The lowest BCUT2D eigenvalue weighted by Crippen LogP contribution is -2.49. The summed E-state index contributed by atoms with van der Waals surface area (Å²) in [6, 6.07) is 13.3. The fraction of sp³-hybridized carbons (Fsp3) is 0.345. The minimum absolute atomic E-state index is 0.0798. The van der Waals surface area contributed by atoms with Crippen LogP contribution in [0.2, 0.25) is 0 Å². The number of ether oxygens (including phenoxy) is 1. The first-order valence-corrected chi connectivity index (χ1v) is 13.2. The van der Waals surface area contributed by atoms with E-state index in [0.29, 0.717) is 59.9 Å². The molecule has 2 aromatic heterocycles. The second kappa shape index (κ2) is 11.1. The highest BCUT2D eigenvalue weighted by molar-refractivity contribution is 5.97. The maximum absolute atomic E-state index is 13.0. The Labute approximate surface area is 226 Å². The van der Waals surface area contributed by atoms with Crippen LogP contribution in [0.1, 0.15) is 47.4 Å². The second-order valence-electron chi connectivity index (χ2n) is 9.65. The van der Waals surface area contributed by atoms with E-state index in [2.05, 4.69) is 22.3 Å². The first-order chi connectivity index (χ1) is 18.9. The second-order valence-corrected chi connectivity index (χ2v) is 9.65. The predicted octanol–water partition coefficient (Wildman–Crippen LogP) is 2.84. The van der Waals surface area contributed by atoms with Gasteiger partial charge >= 0.3 is 0 Å². The highest BCUT2D eigenvalue weighted by atomic mass is 16.5. The third-order valence-corrected chi connectivity index (χ3v) is 6.78. The van der Waals surface area contributed by atoms with E-state index in [1.54, 1.807) is 28.8 Å². The molecule has 202 valence electrons. The monoisotopic (exact) mass is 528 g/mol. The van der Waals surface area contributed by atoms with Gasteiger partial charge in [0, 0.05) is 25.7 Å². The van der Waals surface area contributed by atoms with Crippen molar-refractivity contribution in [1.29, 1.82) is 0 Å². The Morgan fingerprint density at radius 2 is 1.85 bits per heavy atom. The summed E-state index contributed by atoms with van der Waals surface area (Å²) in [5.41, 5.74) is 4.90. The van der Waals surface area contributed by atoms with Gasteiger partial charge in [-0.05, 0) is 55.2 Å². The number of hydrogen-bond donors (Lipinski definition) is 2. The van der Waals surface area contributed by atoms with E-state index in [0.717, 1.165) is 29.7 Å². The number of rotatable bonds is 8. The molecule has 39 heavy (non-hydrogen) atoms. The first kappa shape index (κ1) is 26.1. The molecule has 1 aliphatic heterocycles. The lowest BCUT2D eigenvalue weighted by atomic mass is 10.0. The van der Waals surface area contributed by atoms with E-state index < -0.39 is 0 Å². The molecule has 3 heterocycles. The number of amides is 2. The largest absolute Gasteiger partial charge is 0.493 e. The van der Waals surface area contributed by atoms with Crippen molar-refractivity contribution in [2.45, 2.75) is 33.1 Å². The van der Waals surface area contributed by atoms with E-state index in [1.165, 1.54) is 0 Å². The number of piperazine rings is 1. The van der Waals surface area contributed by atoms with Gasteiger partial charge in [-0.25, -0.2) is 4.98 Å². The summed E-state index contributed by atoms with van der Waals surface area (Å²) in [4.78, 5) is 46.8. The molecule has 4 aromatic rings. The quantitative estimate of drug-likeness (QED) is 0.363. The first-order valence-electron chi connectivity index (χ1n) is 13.2. The Hall–Kier alpha value is -4.47. The van der Waals surface area contributed by atoms with Crippen molar-refractivity contribution in [3.05, 3.63) is 75.2 Å². The molecular formula is C29H32N6O4. The fourth-order valence-electron chi connectivity index (χ4n) is 4.93. The van der Waals surface area contributed by atoms with Crippen LogP contribution < -0.4 is 15.6 Å². The fourth-order valence-corrected chi connectivity index (χ4v) is 4.93. The normalized spacial score (nSPS) is 13.5. The maximum atomic E-state index is 13.0. The number of fused-ring (bicyclic) bond motifs is 1. The summed E-state index contributed by atoms with van der Waals surface area (Å²) in [6.45, 7) is 5.51. The number of benzene rings is 2. The number of carbonyl (C=O) groups excluding carboxylic acids is 2. The van der Waals surface area contributed by atoms with Gasteiger partial charge in [-0.15, -0.1) is 0 Å². The Morgan fingerprint density at radius 3 is 2.56 bits per heavy atom. The average molecular weight is 529 g/mol. The topological polar surface area (TPSA) is 122 Å². The van der Waals surface area contributed by atoms with E-state index in [4.69, 9.17) is 9.72 Å². The zero-order valence-electron chi connectivity index (χ0n) is 22.4. The molecule has 2 amide bonds. The number of aromatic nitrogens is 4. The van der Waals surface area contributed by atoms with Gasteiger partial charge in [0.05, 0.1) is 24.4 Å². The van der Waals surface area contributed by atoms with Gasteiger partial charge in [-0.1, -0.05) is 31.5 Å². The number of aryl methyl sites for hydroxylation is 2. The van der Waals surface area contributed by atoms with E-state index >= 15 is 0 Å². The van der Waals surface area contributed by atoms with Crippen LogP contribution in [0.4, 0.5) is 0 Å². The van der Waals surface area contributed by atoms with Crippen molar-refractivity contribution in [3.8, 4) is 17.1 Å². The van der Waals surface area contributed by atoms with Crippen LogP contribution in [0.15, 0.2) is 47.3 Å². The average Bonchev–Trinajstić information content (AvgIpc) is 3.25. The molecule has 0 atom stereocenters. The van der Waals surface area contributed by atoms with Gasteiger partial charge in [0.15, 0.2) is 5.52 Å². The molecule has 5 rings (SSSR count). The van der Waals surface area contributed by atoms with Gasteiger partial charge in [0.2, 0.25) is 5.91 Å². The van der Waals surface area contributed by atoms with E-state index in [-0.39, 0.29) is 23.9 Å². The zero-order valence-corrected chi connectivity index (χ0v) is 22.4. The van der Waals surface area contributed by atoms with Crippen LogP contribution in [0.5, 0.6) is 5.75 Å². The standard InChI is InChI=1S/C29H32N6O4/c1-4-6-22-25-26(34(3)33-22)28(37)32-27(31-25)21-16-19(9-12-23(21)39-5-2)15-18-7-10-20(11-8-18)29(38)35-14-13-30-24(36)17-35/h7-12,16H,4-6,13-15,17H2,1-3H3,(H,30,36)(H,31,32,37). The molecule has 10 heteroatoms. The molecule has 0 aliphatic carbocycles. The van der Waals surface area contributed by atoms with Crippen LogP contribution in [0.25, 0.3) is 22.4 Å². The summed E-state index contributed by atoms with van der Waals surface area (Å²) in [7, 11) is 1.76. The number of nitrogens with zero attached hydrogens (tertiary/aromatic N) is 4. The lowest BCUT2D eigenvalue weighted by molar-refractivity contribution is -0.123. The minimum Gasteiger partial charge on any atom is -0.493 e. The SMILES string of the molecule is CCCc1nn(C)c2c(=O)[nH]c(-c3cc(Cc4ccc(C(=O)N5CCNC(=O)C5)cc4)ccc3OCC)nc12. The Morgan fingerprint density at radius 1 is 1.08 bits per heavy atom. The minimum atomic E-state index is -0.244. The van der Waals surface area contributed by atoms with Crippen LogP contribution >= 0.6 is 0 Å². The molecular weight excluding hydrogens is 496 g/mol. The van der Waals surface area contributed by atoms with Crippen molar-refractivity contribution in [2.24, 2.45) is 7.05 Å². The molecule has 10 nitrogen and oxygen atoms in total. The Bertz CT molecular complexity index is 1590. The van der Waals surface area contributed by atoms with Crippen LogP contribution in [-0.2, 0) is 24.7 Å². The molecule has 2 N–H and O–H groups in total. The van der Waals surface area contributed by atoms with Crippen LogP contribution in [-0.4, -0.2) is 62.7 Å². The molecule has 0 unspecified atom stereocenters. The molecule has 1 aliphatic rings. The van der Waals surface area contributed by atoms with Crippen molar-refractivity contribution < 1.29 is 14.3 Å². The lowest BCUT2D eigenvalue weighted by Gasteiger charge is -2.26. The van der Waals surface area contributed by atoms with Gasteiger partial charge in [-0.3, -0.25) is 19.1 Å². The Balaban J connectivity index is 1.44. The number of H-pyrrole nitrogens is 1.